The van der Waals surface area contributed by atoms with Crippen LogP contribution in [-0.2, 0) is 20.0 Å². The number of aromatic nitrogens is 4. The molecule has 3 heterocycles. The zero-order valence-electron chi connectivity index (χ0n) is 16.8. The fourth-order valence-corrected chi connectivity index (χ4v) is 4.89. The van der Waals surface area contributed by atoms with Crippen LogP contribution in [0.15, 0.2) is 45.1 Å². The van der Waals surface area contributed by atoms with Crippen molar-refractivity contribution < 1.29 is 0 Å². The molecule has 0 aliphatic carbocycles. The van der Waals surface area contributed by atoms with Gasteiger partial charge in [0.05, 0.1) is 0 Å². The fourth-order valence-electron chi connectivity index (χ4n) is 3.87. The topological polar surface area (TPSA) is 75.9 Å². The number of hydrogen-bond donors (Lipinski definition) is 1. The molecule has 154 valence electrons. The molecular formula is C21H27N5O2S. The number of rotatable bonds is 7. The summed E-state index contributed by atoms with van der Waals surface area (Å²) in [4.78, 5) is 34.2. The van der Waals surface area contributed by atoms with Gasteiger partial charge in [-0.2, -0.15) is 0 Å². The van der Waals surface area contributed by atoms with Crippen LogP contribution in [0.25, 0.3) is 11.2 Å². The normalized spacial score (nSPS) is 15.2. The predicted octanol–water partition coefficient (Wildman–Crippen LogP) is 2.24. The van der Waals surface area contributed by atoms with Gasteiger partial charge in [0.1, 0.15) is 0 Å². The molecule has 1 aliphatic rings. The summed E-state index contributed by atoms with van der Waals surface area (Å²) >= 11 is 1.67. The molecule has 0 saturated carbocycles. The van der Waals surface area contributed by atoms with E-state index in [1.807, 2.05) is 22.8 Å². The third-order valence-corrected chi connectivity index (χ3v) is 6.48. The van der Waals surface area contributed by atoms with Crippen LogP contribution in [0.5, 0.6) is 0 Å². The van der Waals surface area contributed by atoms with E-state index in [9.17, 15) is 9.59 Å². The number of aryl methyl sites for hydroxylation is 3. The molecular weight excluding hydrogens is 386 g/mol. The third kappa shape index (κ3) is 4.48. The number of imidazole rings is 1. The number of nitrogens with one attached hydrogen (secondary N) is 1. The molecule has 2 aromatic heterocycles. The Kier molecular flexibility index (Phi) is 6.20. The first-order valence-corrected chi connectivity index (χ1v) is 11.2. The van der Waals surface area contributed by atoms with Gasteiger partial charge in [-0.1, -0.05) is 48.5 Å². The van der Waals surface area contributed by atoms with Crippen LogP contribution in [0.1, 0.15) is 24.8 Å². The molecule has 1 N–H and O–H groups in total. The number of piperidine rings is 1. The van der Waals surface area contributed by atoms with Gasteiger partial charge in [0.15, 0.2) is 16.3 Å². The van der Waals surface area contributed by atoms with E-state index < -0.39 is 5.69 Å². The van der Waals surface area contributed by atoms with Crippen molar-refractivity contribution >= 4 is 22.9 Å². The van der Waals surface area contributed by atoms with Crippen LogP contribution < -0.4 is 11.2 Å². The van der Waals surface area contributed by atoms with Crippen molar-refractivity contribution in [3.8, 4) is 0 Å². The summed E-state index contributed by atoms with van der Waals surface area (Å²) in [5.41, 5.74) is 1.34. The first kappa shape index (κ1) is 20.0. The molecule has 1 saturated heterocycles. The monoisotopic (exact) mass is 413 g/mol. The van der Waals surface area contributed by atoms with Gasteiger partial charge >= 0.3 is 5.69 Å². The Labute approximate surface area is 173 Å². The van der Waals surface area contributed by atoms with Crippen LogP contribution in [0.3, 0.4) is 0 Å². The van der Waals surface area contributed by atoms with Gasteiger partial charge in [-0.05, 0) is 37.9 Å². The minimum atomic E-state index is -0.430. The summed E-state index contributed by atoms with van der Waals surface area (Å²) in [6.07, 6.45) is 4.68. The lowest BCUT2D eigenvalue weighted by Gasteiger charge is -2.25. The number of hydrogen-bond acceptors (Lipinski definition) is 5. The van der Waals surface area contributed by atoms with Crippen molar-refractivity contribution in [1.29, 1.82) is 0 Å². The van der Waals surface area contributed by atoms with Crippen LogP contribution in [0.2, 0.25) is 0 Å². The molecule has 1 aromatic carbocycles. The number of H-pyrrole nitrogens is 1. The maximum atomic E-state index is 12.6. The maximum Gasteiger partial charge on any atom is 0.329 e. The Morgan fingerprint density at radius 1 is 1.07 bits per heavy atom. The van der Waals surface area contributed by atoms with Crippen molar-refractivity contribution in [1.82, 2.24) is 24.0 Å². The number of likely N-dealkylation sites (tertiary alicyclic amines) is 1. The van der Waals surface area contributed by atoms with Crippen LogP contribution in [-0.4, -0.2) is 49.4 Å². The number of thioether (sulfide) groups is 1. The summed E-state index contributed by atoms with van der Waals surface area (Å²) in [5, 5.41) is 0.805. The van der Waals surface area contributed by atoms with Crippen LogP contribution in [0.4, 0.5) is 0 Å². The fraction of sp³-hybridized carbons (Fsp3) is 0.476. The lowest BCUT2D eigenvalue weighted by Crippen LogP contribution is -2.31. The Balaban J connectivity index is 1.60. The molecule has 4 rings (SSSR count). The van der Waals surface area contributed by atoms with E-state index in [2.05, 4.69) is 27.0 Å². The Hall–Kier alpha value is -2.32. The van der Waals surface area contributed by atoms with Crippen LogP contribution in [0, 0.1) is 0 Å². The average Bonchev–Trinajstić information content (AvgIpc) is 3.11. The molecule has 7 nitrogen and oxygen atoms in total. The summed E-state index contributed by atoms with van der Waals surface area (Å²) in [7, 11) is 1.65. The largest absolute Gasteiger partial charge is 0.329 e. The number of fused-ring (bicyclic) bond motifs is 1. The second-order valence-corrected chi connectivity index (χ2v) is 8.58. The van der Waals surface area contributed by atoms with Crippen LogP contribution >= 0.6 is 11.8 Å². The molecule has 0 unspecified atom stereocenters. The molecule has 1 aliphatic heterocycles. The Morgan fingerprint density at radius 2 is 1.83 bits per heavy atom. The van der Waals surface area contributed by atoms with Crippen molar-refractivity contribution in [3.05, 3.63) is 56.7 Å². The molecule has 0 radical (unpaired) electrons. The van der Waals surface area contributed by atoms with Gasteiger partial charge in [0, 0.05) is 25.9 Å². The van der Waals surface area contributed by atoms with Gasteiger partial charge < -0.3 is 9.47 Å². The molecule has 0 spiro atoms. The van der Waals surface area contributed by atoms with Crippen molar-refractivity contribution in [3.63, 3.8) is 0 Å². The van der Waals surface area contributed by atoms with Gasteiger partial charge in [0.25, 0.3) is 5.56 Å². The molecule has 29 heavy (non-hydrogen) atoms. The molecule has 1 fully saturated rings. The van der Waals surface area contributed by atoms with Crippen molar-refractivity contribution in [2.24, 2.45) is 7.05 Å². The minimum absolute atomic E-state index is 0.369. The highest BCUT2D eigenvalue weighted by molar-refractivity contribution is 7.99. The van der Waals surface area contributed by atoms with Gasteiger partial charge in [0.2, 0.25) is 0 Å². The van der Waals surface area contributed by atoms with E-state index in [-0.39, 0.29) is 5.56 Å². The number of aromatic amines is 1. The quantitative estimate of drug-likeness (QED) is 0.601. The minimum Gasteiger partial charge on any atom is -0.313 e. The average molecular weight is 414 g/mol. The predicted molar refractivity (Wildman–Crippen MR) is 117 cm³/mol. The molecule has 0 amide bonds. The first-order valence-electron chi connectivity index (χ1n) is 10.2. The number of benzene rings is 1. The van der Waals surface area contributed by atoms with Gasteiger partial charge in [-0.3, -0.25) is 14.3 Å². The first-order chi connectivity index (χ1) is 14.1. The number of nitrogens with zero attached hydrogens (tertiary/aromatic N) is 4. The summed E-state index contributed by atoms with van der Waals surface area (Å²) in [6, 6.07) is 10.2. The molecule has 0 bridgehead atoms. The molecule has 0 atom stereocenters. The zero-order valence-corrected chi connectivity index (χ0v) is 17.6. The lowest BCUT2D eigenvalue weighted by atomic mass is 10.1. The summed E-state index contributed by atoms with van der Waals surface area (Å²) in [6.45, 7) is 3.99. The highest BCUT2D eigenvalue weighted by Gasteiger charge is 2.18. The van der Waals surface area contributed by atoms with E-state index in [0.717, 1.165) is 23.9 Å². The standard InChI is InChI=1S/C21H27N5O2S/c1-24-18-17(19(27)23-20(24)28)26(13-10-16-8-4-2-5-9-16)21(22-18)29-15-14-25-11-6-3-7-12-25/h2,4-5,8-9H,3,6-7,10-15H2,1H3,(H,23,27,28). The highest BCUT2D eigenvalue weighted by atomic mass is 32.2. The molecule has 3 aromatic rings. The van der Waals surface area contributed by atoms with Gasteiger partial charge in [-0.25, -0.2) is 9.78 Å². The SMILES string of the molecule is Cn1c(=O)[nH]c(=O)c2c1nc(SCCN1CCCCC1)n2CCc1ccccc1. The highest BCUT2D eigenvalue weighted by Crippen LogP contribution is 2.22. The third-order valence-electron chi connectivity index (χ3n) is 5.53. The Morgan fingerprint density at radius 3 is 2.59 bits per heavy atom. The summed E-state index contributed by atoms with van der Waals surface area (Å²) < 4.78 is 3.39. The van der Waals surface area contributed by atoms with E-state index in [4.69, 9.17) is 0 Å². The zero-order chi connectivity index (χ0) is 20.2. The van der Waals surface area contributed by atoms with E-state index in [1.54, 1.807) is 18.8 Å². The van der Waals surface area contributed by atoms with Gasteiger partial charge in [-0.15, -0.1) is 0 Å². The molecule has 8 heteroatoms. The lowest BCUT2D eigenvalue weighted by molar-refractivity contribution is 0.242. The van der Waals surface area contributed by atoms with Crippen molar-refractivity contribution in [2.75, 3.05) is 25.4 Å². The van der Waals surface area contributed by atoms with Crippen molar-refractivity contribution in [2.45, 2.75) is 37.4 Å². The second-order valence-electron chi connectivity index (χ2n) is 7.52. The summed E-state index contributed by atoms with van der Waals surface area (Å²) in [5.74, 6) is 0.917. The van der Waals surface area contributed by atoms with E-state index in [1.165, 1.54) is 42.5 Å². The maximum absolute atomic E-state index is 12.6. The second kappa shape index (κ2) is 9.00. The van der Waals surface area contributed by atoms with E-state index >= 15 is 0 Å². The van der Waals surface area contributed by atoms with E-state index in [0.29, 0.717) is 17.7 Å². The Bertz CT molecular complexity index is 1080. The smallest absolute Gasteiger partial charge is 0.313 e.